The largest absolute Gasteiger partial charge is 0.459 e. The Morgan fingerprint density at radius 2 is 0.951 bits per heavy atom. The van der Waals surface area contributed by atoms with Gasteiger partial charge in [-0.25, -0.2) is 4.79 Å². The summed E-state index contributed by atoms with van der Waals surface area (Å²) in [4.78, 5) is 11.9. The van der Waals surface area contributed by atoms with Crippen LogP contribution in [0, 0.1) is 11.8 Å². The smallest absolute Gasteiger partial charge is 0.426 e. The Hall–Kier alpha value is -2.00. The summed E-state index contributed by atoms with van der Waals surface area (Å²) in [5.41, 5.74) is -13.5. The van der Waals surface area contributed by atoms with E-state index in [9.17, 15) is 70.7 Å². The minimum Gasteiger partial charge on any atom is -0.459 e. The molecule has 0 heterocycles. The molecule has 242 valence electrons. The minimum atomic E-state index is -6.62. The minimum absolute atomic E-state index is 0.533. The Balaban J connectivity index is 3.98. The summed E-state index contributed by atoms with van der Waals surface area (Å²) in [6.45, 7) is -1.43. The molecule has 0 saturated heterocycles. The molecule has 1 rings (SSSR count). The molecular formula is C20H21F15O6. The number of ether oxygens (including phenoxy) is 5. The molecule has 1 fully saturated rings. The van der Waals surface area contributed by atoms with Gasteiger partial charge in [-0.05, 0) is 19.3 Å². The van der Waals surface area contributed by atoms with E-state index in [1.165, 1.54) is 0 Å². The van der Waals surface area contributed by atoms with Crippen LogP contribution in [0.3, 0.4) is 0 Å². The molecule has 0 spiro atoms. The van der Waals surface area contributed by atoms with Crippen LogP contribution in [0.15, 0.2) is 12.2 Å². The highest BCUT2D eigenvalue weighted by atomic mass is 19.4. The van der Waals surface area contributed by atoms with Gasteiger partial charge in [0.1, 0.15) is 25.3 Å². The highest BCUT2D eigenvalue weighted by Crippen LogP contribution is 2.60. The predicted octanol–water partition coefficient (Wildman–Crippen LogP) is 6.40. The van der Waals surface area contributed by atoms with Gasteiger partial charge in [-0.3, -0.25) is 0 Å². The van der Waals surface area contributed by atoms with Crippen LogP contribution in [-0.4, -0.2) is 82.0 Å². The first kappa shape index (κ1) is 37.0. The van der Waals surface area contributed by atoms with Crippen molar-refractivity contribution in [2.24, 2.45) is 11.8 Å². The van der Waals surface area contributed by atoms with Gasteiger partial charge in [-0.2, -0.15) is 65.9 Å². The summed E-state index contributed by atoms with van der Waals surface area (Å²) in [7, 11) is 1.07. The van der Waals surface area contributed by atoms with E-state index in [0.717, 1.165) is 0 Å². The first-order chi connectivity index (χ1) is 18.2. The molecule has 0 bridgehead atoms. The Kier molecular flexibility index (Phi) is 11.1. The predicted molar refractivity (Wildman–Crippen MR) is 102 cm³/mol. The fourth-order valence-electron chi connectivity index (χ4n) is 4.48. The lowest BCUT2D eigenvalue weighted by molar-refractivity contribution is -0.427. The van der Waals surface area contributed by atoms with E-state index in [1.54, 1.807) is 0 Å². The van der Waals surface area contributed by atoms with Gasteiger partial charge in [-0.1, -0.05) is 6.58 Å². The third kappa shape index (κ3) is 7.32. The summed E-state index contributed by atoms with van der Waals surface area (Å²) >= 11 is 0. The number of carbonyl (C=O) groups excluding carboxylic acids is 1. The van der Waals surface area contributed by atoms with E-state index < -0.39 is 104 Å². The molecule has 0 aliphatic heterocycles. The van der Waals surface area contributed by atoms with Crippen molar-refractivity contribution < 1.29 is 94.3 Å². The van der Waals surface area contributed by atoms with Gasteiger partial charge in [-0.15, -0.1) is 0 Å². The lowest BCUT2D eigenvalue weighted by Crippen LogP contribution is -2.69. The van der Waals surface area contributed by atoms with E-state index in [4.69, 9.17) is 0 Å². The molecule has 0 N–H and O–H groups in total. The Morgan fingerprint density at radius 1 is 0.634 bits per heavy atom. The number of esters is 1. The number of methoxy groups -OCH3 is 2. The van der Waals surface area contributed by atoms with Crippen molar-refractivity contribution in [2.75, 3.05) is 27.8 Å². The zero-order valence-electron chi connectivity index (χ0n) is 20.6. The third-order valence-corrected chi connectivity index (χ3v) is 6.17. The second-order valence-electron chi connectivity index (χ2n) is 8.67. The second-order valence-corrected chi connectivity index (χ2v) is 8.67. The summed E-state index contributed by atoms with van der Waals surface area (Å²) in [5.74, 6) is -9.54. The number of hydrogen-bond donors (Lipinski definition) is 0. The number of alkyl halides is 15. The fraction of sp³-hybridized carbons (Fsp3) is 0.850. The number of hydrogen-bond acceptors (Lipinski definition) is 6. The van der Waals surface area contributed by atoms with Crippen LogP contribution in [0.25, 0.3) is 0 Å². The number of rotatable bonds is 10. The summed E-state index contributed by atoms with van der Waals surface area (Å²) in [6.07, 6.45) is -40.9. The summed E-state index contributed by atoms with van der Waals surface area (Å²) in [5, 5.41) is 0. The van der Waals surface area contributed by atoms with Crippen LogP contribution in [-0.2, 0) is 28.5 Å². The van der Waals surface area contributed by atoms with E-state index in [2.05, 4.69) is 30.3 Å². The van der Waals surface area contributed by atoms with Gasteiger partial charge in [0.15, 0.2) is 0 Å². The lowest BCUT2D eigenvalue weighted by Gasteiger charge is -2.50. The summed E-state index contributed by atoms with van der Waals surface area (Å²) < 4.78 is 227. The van der Waals surface area contributed by atoms with E-state index in [-0.39, 0.29) is 0 Å². The zero-order chi connectivity index (χ0) is 32.5. The Labute approximate surface area is 220 Å². The van der Waals surface area contributed by atoms with Gasteiger partial charge >= 0.3 is 36.9 Å². The molecule has 1 aliphatic rings. The standard InChI is InChI=1S/C20H21F15O6/c1-9(16(21,22)23)13(36)41-12-5-10(14(17(24,25)26,18(27,28)29)39-7-37-2)4-11(6-12)15(19(30,31)32,20(33,34)35)40-8-38-3/h10-12H,1,4-8H2,2-3H3. The average Bonchev–Trinajstić information content (AvgIpc) is 2.75. The molecule has 0 aromatic rings. The van der Waals surface area contributed by atoms with Gasteiger partial charge in [0.2, 0.25) is 0 Å². The summed E-state index contributed by atoms with van der Waals surface area (Å²) in [6, 6.07) is 0. The molecular weight excluding hydrogens is 621 g/mol. The molecule has 21 heteroatoms. The van der Waals surface area contributed by atoms with Crippen molar-refractivity contribution in [1.82, 2.24) is 0 Å². The first-order valence-electron chi connectivity index (χ1n) is 10.7. The van der Waals surface area contributed by atoms with Gasteiger partial charge in [0.05, 0.1) is 0 Å². The number of carbonyl (C=O) groups is 1. The second kappa shape index (κ2) is 12.3. The molecule has 0 amide bonds. The maximum absolute atomic E-state index is 14.1. The molecule has 2 atom stereocenters. The highest BCUT2D eigenvalue weighted by Gasteiger charge is 2.80. The maximum atomic E-state index is 14.1. The van der Waals surface area contributed by atoms with E-state index in [1.807, 2.05) is 0 Å². The monoisotopic (exact) mass is 642 g/mol. The highest BCUT2D eigenvalue weighted by molar-refractivity contribution is 5.89. The van der Waals surface area contributed by atoms with Crippen molar-refractivity contribution in [1.29, 1.82) is 0 Å². The Morgan fingerprint density at radius 3 is 1.20 bits per heavy atom. The van der Waals surface area contributed by atoms with Crippen molar-refractivity contribution in [3.05, 3.63) is 12.2 Å². The normalized spacial score (nSPS) is 22.0. The fourth-order valence-corrected chi connectivity index (χ4v) is 4.48. The van der Waals surface area contributed by atoms with Crippen molar-refractivity contribution >= 4 is 5.97 Å². The van der Waals surface area contributed by atoms with Crippen LogP contribution in [0.1, 0.15) is 19.3 Å². The maximum Gasteiger partial charge on any atom is 0.426 e. The molecule has 0 aromatic carbocycles. The SMILES string of the molecule is C=C(C(=O)OC1CC(C(OCOC)(C(F)(F)F)C(F)(F)F)CC(C(OCOC)(C(F)(F)F)C(F)(F)F)C1)C(F)(F)F. The Bertz CT molecular complexity index is 823. The molecule has 1 saturated carbocycles. The van der Waals surface area contributed by atoms with Crippen LogP contribution < -0.4 is 0 Å². The zero-order valence-corrected chi connectivity index (χ0v) is 20.6. The van der Waals surface area contributed by atoms with Gasteiger partial charge in [0, 0.05) is 26.1 Å². The molecule has 41 heavy (non-hydrogen) atoms. The van der Waals surface area contributed by atoms with E-state index in [0.29, 0.717) is 14.2 Å². The molecule has 2 unspecified atom stereocenters. The van der Waals surface area contributed by atoms with E-state index >= 15 is 0 Å². The number of halogens is 15. The topological polar surface area (TPSA) is 63.2 Å². The quantitative estimate of drug-likeness (QED) is 0.119. The third-order valence-electron chi connectivity index (χ3n) is 6.17. The van der Waals surface area contributed by atoms with Crippen LogP contribution >= 0.6 is 0 Å². The van der Waals surface area contributed by atoms with Crippen molar-refractivity contribution in [2.45, 2.75) is 67.5 Å². The lowest BCUT2D eigenvalue weighted by atomic mass is 9.65. The molecule has 0 radical (unpaired) electrons. The molecule has 6 nitrogen and oxygen atoms in total. The molecule has 1 aliphatic carbocycles. The first-order valence-corrected chi connectivity index (χ1v) is 10.7. The van der Waals surface area contributed by atoms with Crippen LogP contribution in [0.2, 0.25) is 0 Å². The van der Waals surface area contributed by atoms with Crippen molar-refractivity contribution in [3.8, 4) is 0 Å². The van der Waals surface area contributed by atoms with Gasteiger partial charge < -0.3 is 23.7 Å². The van der Waals surface area contributed by atoms with Crippen LogP contribution in [0.4, 0.5) is 65.9 Å². The molecule has 0 aromatic heterocycles. The average molecular weight is 642 g/mol. The van der Waals surface area contributed by atoms with Gasteiger partial charge in [0.25, 0.3) is 11.2 Å². The van der Waals surface area contributed by atoms with Crippen molar-refractivity contribution in [3.63, 3.8) is 0 Å². The van der Waals surface area contributed by atoms with Crippen LogP contribution in [0.5, 0.6) is 0 Å².